The van der Waals surface area contributed by atoms with Crippen molar-refractivity contribution in [2.24, 2.45) is 0 Å². The Balaban J connectivity index is 1.73. The molecule has 0 atom stereocenters. The lowest BCUT2D eigenvalue weighted by Gasteiger charge is -2.14. The topological polar surface area (TPSA) is 84.7 Å². The van der Waals surface area contributed by atoms with Crippen molar-refractivity contribution in [2.45, 2.75) is 32.4 Å². The van der Waals surface area contributed by atoms with Crippen LogP contribution in [0, 0.1) is 0 Å². The van der Waals surface area contributed by atoms with Crippen molar-refractivity contribution in [3.05, 3.63) is 23.4 Å². The number of aromatic nitrogens is 1. The van der Waals surface area contributed by atoms with Gasteiger partial charge in [0, 0.05) is 12.1 Å². The number of aryl methyl sites for hydroxylation is 1. The van der Waals surface area contributed by atoms with E-state index in [1.165, 1.54) is 12.1 Å². The van der Waals surface area contributed by atoms with Crippen molar-refractivity contribution < 1.29 is 32.0 Å². The van der Waals surface area contributed by atoms with Gasteiger partial charge < -0.3 is 14.6 Å². The number of alkyl halides is 3. The maximum Gasteiger partial charge on any atom is 0.437 e. The average molecular weight is 385 g/mol. The molecule has 0 unspecified atom stereocenters. The minimum Gasteiger partial charge on any atom is -0.493 e. The van der Waals surface area contributed by atoms with E-state index in [4.69, 9.17) is 9.26 Å². The van der Waals surface area contributed by atoms with Crippen molar-refractivity contribution in [3.63, 3.8) is 0 Å². The zero-order valence-electron chi connectivity index (χ0n) is 14.6. The standard InChI is InChI=1S/C17H18F3N3O4/c1-2-4-10-12(26-8-3-7-23-13(24)9-21-16(23)25)6-5-11-14(10)27-22-15(11)17(18,19)20/h5-6H,2-4,7-9H2,1H3,(H,21,25). The first-order valence-corrected chi connectivity index (χ1v) is 8.52. The van der Waals surface area contributed by atoms with Crippen LogP contribution in [0.3, 0.4) is 0 Å². The number of rotatable bonds is 7. The minimum atomic E-state index is -4.60. The third-order valence-electron chi connectivity index (χ3n) is 4.19. The molecule has 1 aromatic heterocycles. The highest BCUT2D eigenvalue weighted by atomic mass is 19.4. The van der Waals surface area contributed by atoms with Gasteiger partial charge in [-0.15, -0.1) is 0 Å². The van der Waals surface area contributed by atoms with E-state index in [2.05, 4.69) is 10.5 Å². The molecule has 10 heteroatoms. The molecule has 7 nitrogen and oxygen atoms in total. The van der Waals surface area contributed by atoms with Crippen LogP contribution in [-0.4, -0.2) is 41.7 Å². The van der Waals surface area contributed by atoms with Crippen LogP contribution in [0.2, 0.25) is 0 Å². The summed E-state index contributed by atoms with van der Waals surface area (Å²) in [6, 6.07) is 2.31. The second-order valence-corrected chi connectivity index (χ2v) is 6.10. The van der Waals surface area contributed by atoms with Gasteiger partial charge in [0.25, 0.3) is 0 Å². The number of urea groups is 1. The fourth-order valence-corrected chi connectivity index (χ4v) is 2.95. The number of hydrogen-bond acceptors (Lipinski definition) is 5. The zero-order valence-corrected chi connectivity index (χ0v) is 14.6. The van der Waals surface area contributed by atoms with Crippen LogP contribution in [0.25, 0.3) is 11.0 Å². The number of nitrogens with zero attached hydrogens (tertiary/aromatic N) is 2. The lowest BCUT2D eigenvalue weighted by Crippen LogP contribution is -2.32. The normalized spacial score (nSPS) is 14.9. The third kappa shape index (κ3) is 3.83. The Hall–Kier alpha value is -2.78. The van der Waals surface area contributed by atoms with Gasteiger partial charge in [-0.3, -0.25) is 9.69 Å². The second-order valence-electron chi connectivity index (χ2n) is 6.10. The van der Waals surface area contributed by atoms with Crippen LogP contribution >= 0.6 is 0 Å². The Morgan fingerprint density at radius 2 is 2.11 bits per heavy atom. The number of benzene rings is 1. The molecular formula is C17H18F3N3O4. The molecule has 3 amide bonds. The van der Waals surface area contributed by atoms with E-state index in [0.717, 1.165) is 4.90 Å². The molecule has 3 rings (SSSR count). The number of hydrogen-bond donors (Lipinski definition) is 1. The Labute approximate surface area is 152 Å². The van der Waals surface area contributed by atoms with E-state index in [9.17, 15) is 22.8 Å². The van der Waals surface area contributed by atoms with Gasteiger partial charge in [0.15, 0.2) is 11.3 Å². The van der Waals surface area contributed by atoms with E-state index in [0.29, 0.717) is 30.6 Å². The molecule has 0 saturated carbocycles. The van der Waals surface area contributed by atoms with Crippen LogP contribution in [0.15, 0.2) is 16.7 Å². The number of halogens is 3. The van der Waals surface area contributed by atoms with Crippen LogP contribution in [0.5, 0.6) is 5.75 Å². The smallest absolute Gasteiger partial charge is 0.437 e. The Kier molecular flexibility index (Phi) is 5.24. The highest BCUT2D eigenvalue weighted by Crippen LogP contribution is 2.38. The van der Waals surface area contributed by atoms with E-state index >= 15 is 0 Å². The van der Waals surface area contributed by atoms with E-state index in [1.54, 1.807) is 0 Å². The Morgan fingerprint density at radius 1 is 1.33 bits per heavy atom. The number of amides is 3. The fraction of sp³-hybridized carbons (Fsp3) is 0.471. The number of ether oxygens (including phenoxy) is 1. The Bertz CT molecular complexity index is 847. The molecule has 146 valence electrons. The molecule has 0 bridgehead atoms. The Morgan fingerprint density at radius 3 is 2.74 bits per heavy atom. The minimum absolute atomic E-state index is 0.00988. The summed E-state index contributed by atoms with van der Waals surface area (Å²) in [7, 11) is 0. The molecule has 1 saturated heterocycles. The lowest BCUT2D eigenvalue weighted by molar-refractivity contribution is -0.141. The van der Waals surface area contributed by atoms with Gasteiger partial charge in [-0.25, -0.2) is 4.79 Å². The van der Waals surface area contributed by atoms with Gasteiger partial charge in [0.2, 0.25) is 5.91 Å². The van der Waals surface area contributed by atoms with Gasteiger partial charge in [0.05, 0.1) is 18.5 Å². The quantitative estimate of drug-likeness (QED) is 0.585. The van der Waals surface area contributed by atoms with Crippen molar-refractivity contribution >= 4 is 22.9 Å². The van der Waals surface area contributed by atoms with Crippen LogP contribution in [-0.2, 0) is 17.4 Å². The zero-order chi connectivity index (χ0) is 19.6. The summed E-state index contributed by atoms with van der Waals surface area (Å²) >= 11 is 0. The van der Waals surface area contributed by atoms with E-state index in [-0.39, 0.29) is 36.6 Å². The van der Waals surface area contributed by atoms with Crippen LogP contribution < -0.4 is 10.1 Å². The predicted octanol–water partition coefficient (Wildman–Crippen LogP) is 3.12. The molecule has 2 heterocycles. The molecule has 0 spiro atoms. The highest BCUT2D eigenvalue weighted by molar-refractivity contribution is 6.01. The number of nitrogens with one attached hydrogen (secondary N) is 1. The summed E-state index contributed by atoms with van der Waals surface area (Å²) in [4.78, 5) is 24.1. The van der Waals surface area contributed by atoms with Crippen molar-refractivity contribution in [2.75, 3.05) is 19.7 Å². The molecule has 1 N–H and O–H groups in total. The number of carbonyl (C=O) groups is 2. The SMILES string of the molecule is CCCc1c(OCCCN2C(=O)CNC2=O)ccc2c(C(F)(F)F)noc12. The van der Waals surface area contributed by atoms with E-state index in [1.807, 2.05) is 6.92 Å². The van der Waals surface area contributed by atoms with E-state index < -0.39 is 17.9 Å². The maximum absolute atomic E-state index is 13.0. The monoisotopic (exact) mass is 385 g/mol. The van der Waals surface area contributed by atoms with Gasteiger partial charge in [-0.05, 0) is 25.0 Å². The van der Waals surface area contributed by atoms with Crippen molar-refractivity contribution in [3.8, 4) is 5.75 Å². The molecule has 1 aliphatic heterocycles. The first-order chi connectivity index (χ1) is 12.8. The number of fused-ring (bicyclic) bond motifs is 1. The summed E-state index contributed by atoms with van der Waals surface area (Å²) < 4.78 is 49.7. The van der Waals surface area contributed by atoms with Crippen LogP contribution in [0.4, 0.5) is 18.0 Å². The summed E-state index contributed by atoms with van der Waals surface area (Å²) in [6.07, 6.45) is -3.06. The first-order valence-electron chi connectivity index (χ1n) is 8.52. The van der Waals surface area contributed by atoms with Gasteiger partial charge in [0.1, 0.15) is 5.75 Å². The molecule has 2 aromatic rings. The largest absolute Gasteiger partial charge is 0.493 e. The van der Waals surface area contributed by atoms with Gasteiger partial charge in [-0.1, -0.05) is 18.5 Å². The molecule has 27 heavy (non-hydrogen) atoms. The number of carbonyl (C=O) groups excluding carboxylic acids is 2. The maximum atomic E-state index is 13.0. The summed E-state index contributed by atoms with van der Waals surface area (Å²) in [6.45, 7) is 2.28. The van der Waals surface area contributed by atoms with Gasteiger partial charge >= 0.3 is 12.2 Å². The summed E-state index contributed by atoms with van der Waals surface area (Å²) in [5.74, 6) is 0.112. The fourth-order valence-electron chi connectivity index (χ4n) is 2.95. The predicted molar refractivity (Wildman–Crippen MR) is 88.2 cm³/mol. The molecule has 1 fully saturated rings. The third-order valence-corrected chi connectivity index (χ3v) is 4.19. The molecule has 1 aromatic carbocycles. The van der Waals surface area contributed by atoms with Crippen LogP contribution in [0.1, 0.15) is 31.0 Å². The molecule has 0 aliphatic carbocycles. The first kappa shape index (κ1) is 19.0. The second kappa shape index (κ2) is 7.45. The molecule has 0 radical (unpaired) electrons. The molecule has 1 aliphatic rings. The van der Waals surface area contributed by atoms with Crippen molar-refractivity contribution in [1.82, 2.24) is 15.4 Å². The lowest BCUT2D eigenvalue weighted by atomic mass is 10.0. The van der Waals surface area contributed by atoms with Crippen molar-refractivity contribution in [1.29, 1.82) is 0 Å². The summed E-state index contributed by atoms with van der Waals surface area (Å²) in [5.41, 5.74) is -0.469. The molecular weight excluding hydrogens is 367 g/mol. The average Bonchev–Trinajstić information content (AvgIpc) is 3.18. The summed E-state index contributed by atoms with van der Waals surface area (Å²) in [5, 5.41) is 5.50. The number of imide groups is 1. The highest BCUT2D eigenvalue weighted by Gasteiger charge is 2.37. The van der Waals surface area contributed by atoms with Gasteiger partial charge in [-0.2, -0.15) is 13.2 Å².